The summed E-state index contributed by atoms with van der Waals surface area (Å²) in [6, 6.07) is 1.45. The van der Waals surface area contributed by atoms with Gasteiger partial charge in [-0.05, 0) is 18.7 Å². The van der Waals surface area contributed by atoms with Crippen LogP contribution >= 0.6 is 0 Å². The molecule has 1 aromatic rings. The third-order valence-electron chi connectivity index (χ3n) is 1.45. The van der Waals surface area contributed by atoms with Crippen LogP contribution in [0.5, 0.6) is 0 Å². The van der Waals surface area contributed by atoms with Crippen molar-refractivity contribution in [2.75, 3.05) is 7.05 Å². The highest BCUT2D eigenvalue weighted by Gasteiger charge is 2.06. The monoisotopic (exact) mass is 172 g/mol. The average molecular weight is 172 g/mol. The van der Waals surface area contributed by atoms with Crippen molar-refractivity contribution in [3.63, 3.8) is 0 Å². The molecule has 1 rings (SSSR count). The normalized spacial score (nSPS) is 10.7. The second-order valence-corrected chi connectivity index (χ2v) is 2.46. The molecule has 0 saturated heterocycles. The highest BCUT2D eigenvalue weighted by Crippen LogP contribution is 2.17. The molecule has 1 N–H and O–H groups in total. The van der Waals surface area contributed by atoms with Crippen LogP contribution in [0.3, 0.4) is 0 Å². The number of halogens is 2. The molecule has 12 heavy (non-hydrogen) atoms. The first kappa shape index (κ1) is 9.06. The number of hydrogen-bond acceptors (Lipinski definition) is 2. The van der Waals surface area contributed by atoms with Gasteiger partial charge in [-0.1, -0.05) is 0 Å². The summed E-state index contributed by atoms with van der Waals surface area (Å²) < 4.78 is 24.3. The highest BCUT2D eigenvalue weighted by atomic mass is 19.3. The van der Waals surface area contributed by atoms with Crippen molar-refractivity contribution in [1.82, 2.24) is 10.3 Å². The molecule has 4 heteroatoms. The molecular formula is C8H10F2N2. The zero-order valence-electron chi connectivity index (χ0n) is 6.72. The van der Waals surface area contributed by atoms with E-state index in [0.717, 1.165) is 5.56 Å². The van der Waals surface area contributed by atoms with Crippen LogP contribution in [-0.2, 0) is 6.54 Å². The first-order valence-corrected chi connectivity index (χ1v) is 3.60. The quantitative estimate of drug-likeness (QED) is 0.751. The van der Waals surface area contributed by atoms with Crippen molar-refractivity contribution >= 4 is 0 Å². The fourth-order valence-corrected chi connectivity index (χ4v) is 0.928. The zero-order chi connectivity index (χ0) is 8.97. The molecule has 66 valence electrons. The molecule has 0 aromatic carbocycles. The third-order valence-corrected chi connectivity index (χ3v) is 1.45. The molecule has 0 radical (unpaired) electrons. The number of nitrogens with zero attached hydrogens (tertiary/aromatic N) is 1. The summed E-state index contributed by atoms with van der Waals surface area (Å²) in [5.41, 5.74) is 0.748. The van der Waals surface area contributed by atoms with Gasteiger partial charge in [0.25, 0.3) is 6.43 Å². The maximum absolute atomic E-state index is 12.1. The van der Waals surface area contributed by atoms with Crippen LogP contribution in [0, 0.1) is 0 Å². The number of rotatable bonds is 3. The molecule has 0 aliphatic heterocycles. The number of alkyl halides is 2. The van der Waals surface area contributed by atoms with Crippen LogP contribution in [0.1, 0.15) is 17.6 Å². The molecule has 0 bridgehead atoms. The molecule has 2 nitrogen and oxygen atoms in total. The van der Waals surface area contributed by atoms with E-state index in [4.69, 9.17) is 0 Å². The molecular weight excluding hydrogens is 162 g/mol. The Labute approximate surface area is 69.6 Å². The van der Waals surface area contributed by atoms with E-state index in [-0.39, 0.29) is 5.56 Å². The Bertz CT molecular complexity index is 251. The summed E-state index contributed by atoms with van der Waals surface area (Å²) in [4.78, 5) is 3.70. The van der Waals surface area contributed by atoms with E-state index in [1.54, 1.807) is 13.2 Å². The van der Waals surface area contributed by atoms with Gasteiger partial charge in [0.15, 0.2) is 0 Å². The Morgan fingerprint density at radius 1 is 1.50 bits per heavy atom. The van der Waals surface area contributed by atoms with E-state index in [1.807, 2.05) is 0 Å². The molecule has 0 aliphatic carbocycles. The second kappa shape index (κ2) is 4.11. The molecule has 0 unspecified atom stereocenters. The molecule has 0 atom stereocenters. The number of nitrogens with one attached hydrogen (secondary N) is 1. The van der Waals surface area contributed by atoms with E-state index < -0.39 is 6.43 Å². The van der Waals surface area contributed by atoms with Gasteiger partial charge in [-0.3, -0.25) is 4.98 Å². The fourth-order valence-electron chi connectivity index (χ4n) is 0.928. The predicted molar refractivity (Wildman–Crippen MR) is 42.0 cm³/mol. The smallest absolute Gasteiger partial charge is 0.265 e. The van der Waals surface area contributed by atoms with Crippen LogP contribution < -0.4 is 5.32 Å². The van der Waals surface area contributed by atoms with Gasteiger partial charge in [-0.2, -0.15) is 0 Å². The number of hydrogen-bond donors (Lipinski definition) is 1. The van der Waals surface area contributed by atoms with Crippen LogP contribution in [0.25, 0.3) is 0 Å². The van der Waals surface area contributed by atoms with Gasteiger partial charge in [0, 0.05) is 24.5 Å². The van der Waals surface area contributed by atoms with Gasteiger partial charge in [0.1, 0.15) is 0 Å². The topological polar surface area (TPSA) is 24.9 Å². The van der Waals surface area contributed by atoms with Crippen molar-refractivity contribution in [2.24, 2.45) is 0 Å². The Morgan fingerprint density at radius 2 is 2.25 bits per heavy atom. The van der Waals surface area contributed by atoms with Gasteiger partial charge < -0.3 is 5.32 Å². The van der Waals surface area contributed by atoms with Crippen molar-refractivity contribution in [3.05, 3.63) is 29.6 Å². The Kier molecular flexibility index (Phi) is 3.10. The van der Waals surface area contributed by atoms with Crippen LogP contribution in [-0.4, -0.2) is 12.0 Å². The first-order valence-electron chi connectivity index (χ1n) is 3.60. The van der Waals surface area contributed by atoms with E-state index in [0.29, 0.717) is 6.54 Å². The Balaban J connectivity index is 2.81. The van der Waals surface area contributed by atoms with Crippen molar-refractivity contribution in [3.8, 4) is 0 Å². The molecule has 1 heterocycles. The van der Waals surface area contributed by atoms with Gasteiger partial charge >= 0.3 is 0 Å². The largest absolute Gasteiger partial charge is 0.316 e. The first-order chi connectivity index (χ1) is 5.74. The number of pyridine rings is 1. The highest BCUT2D eigenvalue weighted by molar-refractivity contribution is 5.18. The Morgan fingerprint density at radius 3 is 2.83 bits per heavy atom. The lowest BCUT2D eigenvalue weighted by molar-refractivity contribution is 0.151. The predicted octanol–water partition coefficient (Wildman–Crippen LogP) is 1.74. The van der Waals surface area contributed by atoms with Crippen LogP contribution in [0.2, 0.25) is 0 Å². The minimum Gasteiger partial charge on any atom is -0.316 e. The summed E-state index contributed by atoms with van der Waals surface area (Å²) in [5, 5.41) is 2.87. The summed E-state index contributed by atoms with van der Waals surface area (Å²) >= 11 is 0. The van der Waals surface area contributed by atoms with Gasteiger partial charge in [-0.25, -0.2) is 8.78 Å². The molecule has 0 saturated carbocycles. The molecule has 0 amide bonds. The average Bonchev–Trinajstić information content (AvgIpc) is 2.05. The van der Waals surface area contributed by atoms with E-state index in [1.165, 1.54) is 12.3 Å². The minimum absolute atomic E-state index is 0.0252. The van der Waals surface area contributed by atoms with E-state index >= 15 is 0 Å². The zero-order valence-corrected chi connectivity index (χ0v) is 6.72. The van der Waals surface area contributed by atoms with Crippen LogP contribution in [0.15, 0.2) is 18.5 Å². The van der Waals surface area contributed by atoms with Crippen molar-refractivity contribution in [1.29, 1.82) is 0 Å². The van der Waals surface area contributed by atoms with Gasteiger partial charge in [-0.15, -0.1) is 0 Å². The minimum atomic E-state index is -2.44. The van der Waals surface area contributed by atoms with E-state index in [9.17, 15) is 8.78 Å². The summed E-state index contributed by atoms with van der Waals surface area (Å²) in [6.07, 6.45) is 0.320. The van der Waals surface area contributed by atoms with E-state index in [2.05, 4.69) is 10.3 Å². The lowest BCUT2D eigenvalue weighted by Crippen LogP contribution is -2.05. The van der Waals surface area contributed by atoms with Crippen LogP contribution in [0.4, 0.5) is 8.78 Å². The maximum atomic E-state index is 12.1. The SMILES string of the molecule is CNCc1cncc(C(F)F)c1. The van der Waals surface area contributed by atoms with Gasteiger partial charge in [0.05, 0.1) is 0 Å². The maximum Gasteiger partial charge on any atom is 0.265 e. The summed E-state index contributed by atoms with van der Waals surface area (Å²) in [6.45, 7) is 0.563. The third kappa shape index (κ3) is 2.23. The lowest BCUT2D eigenvalue weighted by Gasteiger charge is -2.02. The van der Waals surface area contributed by atoms with Gasteiger partial charge in [0.2, 0.25) is 0 Å². The molecule has 1 aromatic heterocycles. The summed E-state index contributed by atoms with van der Waals surface area (Å²) in [7, 11) is 1.76. The second-order valence-electron chi connectivity index (χ2n) is 2.46. The Hall–Kier alpha value is -1.03. The lowest BCUT2D eigenvalue weighted by atomic mass is 10.2. The molecule has 0 aliphatic rings. The fraction of sp³-hybridized carbons (Fsp3) is 0.375. The van der Waals surface area contributed by atoms with Crippen molar-refractivity contribution in [2.45, 2.75) is 13.0 Å². The van der Waals surface area contributed by atoms with Crippen molar-refractivity contribution < 1.29 is 8.78 Å². The standard InChI is InChI=1S/C8H10F2N2/c1-11-3-6-2-7(8(9)10)5-12-4-6/h2,4-5,8,11H,3H2,1H3. The summed E-state index contributed by atoms with van der Waals surface area (Å²) in [5.74, 6) is 0. The number of aromatic nitrogens is 1. The molecule has 0 fully saturated rings. The molecule has 0 spiro atoms.